The highest BCUT2D eigenvalue weighted by Gasteiger charge is 2.24. The molecule has 1 aliphatic heterocycles. The smallest absolute Gasteiger partial charge is 0.224 e. The van der Waals surface area contributed by atoms with Crippen LogP contribution in [0.3, 0.4) is 0 Å². The zero-order valence-electron chi connectivity index (χ0n) is 13.0. The van der Waals surface area contributed by atoms with Crippen molar-refractivity contribution in [2.75, 3.05) is 32.1 Å². The van der Waals surface area contributed by atoms with E-state index in [0.29, 0.717) is 24.5 Å². The lowest BCUT2D eigenvalue weighted by Crippen LogP contribution is -2.47. The summed E-state index contributed by atoms with van der Waals surface area (Å²) in [4.78, 5) is 14.3. The van der Waals surface area contributed by atoms with E-state index in [1.54, 1.807) is 19.2 Å². The van der Waals surface area contributed by atoms with Crippen molar-refractivity contribution in [2.45, 2.75) is 31.7 Å². The summed E-state index contributed by atoms with van der Waals surface area (Å²) in [6.45, 7) is 1.91. The number of hydrogen-bond donors (Lipinski definition) is 2. The number of carbonyl (C=O) groups is 1. The molecule has 1 aromatic rings. The number of nitrogens with zero attached hydrogens (tertiary/aromatic N) is 1. The Balaban J connectivity index is 1.87. The summed E-state index contributed by atoms with van der Waals surface area (Å²) in [5.41, 5.74) is 6.57. The van der Waals surface area contributed by atoms with E-state index in [2.05, 4.69) is 5.32 Å². The fourth-order valence-electron chi connectivity index (χ4n) is 2.84. The first kappa shape index (κ1) is 16.9. The third-order valence-electron chi connectivity index (χ3n) is 4.04. The first-order valence-corrected chi connectivity index (χ1v) is 8.10. The molecule has 122 valence electrons. The molecule has 1 heterocycles. The van der Waals surface area contributed by atoms with Crippen LogP contribution in [0, 0.1) is 0 Å². The highest BCUT2D eigenvalue weighted by molar-refractivity contribution is 6.30. The maximum absolute atomic E-state index is 12.4. The van der Waals surface area contributed by atoms with Gasteiger partial charge in [0.15, 0.2) is 0 Å². The van der Waals surface area contributed by atoms with Crippen LogP contribution < -0.4 is 15.8 Å². The van der Waals surface area contributed by atoms with E-state index in [4.69, 9.17) is 22.1 Å². The predicted octanol–water partition coefficient (Wildman–Crippen LogP) is 2.49. The number of nitrogens with one attached hydrogen (secondary N) is 1. The molecule has 0 spiro atoms. The minimum absolute atomic E-state index is 0.156. The van der Waals surface area contributed by atoms with Crippen LogP contribution in [0.1, 0.15) is 25.7 Å². The Kier molecular flexibility index (Phi) is 6.34. The van der Waals surface area contributed by atoms with Gasteiger partial charge < -0.3 is 20.7 Å². The molecule has 6 heteroatoms. The van der Waals surface area contributed by atoms with Gasteiger partial charge in [0.05, 0.1) is 12.8 Å². The number of nitrogens with two attached hydrogens (primary N) is 1. The number of halogens is 1. The number of ether oxygens (including phenoxy) is 1. The summed E-state index contributed by atoms with van der Waals surface area (Å²) in [7, 11) is 1.61. The van der Waals surface area contributed by atoms with E-state index in [1.165, 1.54) is 0 Å². The molecule has 1 fully saturated rings. The van der Waals surface area contributed by atoms with Gasteiger partial charge in [0.2, 0.25) is 5.91 Å². The van der Waals surface area contributed by atoms with Crippen molar-refractivity contribution >= 4 is 23.2 Å². The summed E-state index contributed by atoms with van der Waals surface area (Å²) in [6.07, 6.45) is 3.67. The van der Waals surface area contributed by atoms with Crippen LogP contribution in [0.2, 0.25) is 5.02 Å². The number of amides is 1. The molecule has 5 nitrogen and oxygen atoms in total. The summed E-state index contributed by atoms with van der Waals surface area (Å²) >= 11 is 5.99. The van der Waals surface area contributed by atoms with E-state index >= 15 is 0 Å². The fraction of sp³-hybridized carbons (Fsp3) is 0.562. The number of piperidine rings is 1. The van der Waals surface area contributed by atoms with E-state index < -0.39 is 0 Å². The van der Waals surface area contributed by atoms with Crippen LogP contribution >= 0.6 is 11.6 Å². The van der Waals surface area contributed by atoms with Gasteiger partial charge in [-0.15, -0.1) is 0 Å². The molecule has 0 bridgehead atoms. The summed E-state index contributed by atoms with van der Waals surface area (Å²) < 4.78 is 5.28. The zero-order valence-corrected chi connectivity index (χ0v) is 13.7. The van der Waals surface area contributed by atoms with E-state index in [1.807, 2.05) is 11.0 Å². The lowest BCUT2D eigenvalue weighted by molar-refractivity contribution is -0.134. The van der Waals surface area contributed by atoms with Crippen molar-refractivity contribution in [2.24, 2.45) is 5.73 Å². The number of anilines is 1. The standard InChI is InChI=1S/C16H24ClN3O2/c1-22-15-6-5-12(17)10-14(15)19-8-7-16(21)20-9-3-2-4-13(20)11-18/h5-6,10,13,19H,2-4,7-9,11,18H2,1H3. The Bertz CT molecular complexity index is 510. The highest BCUT2D eigenvalue weighted by atomic mass is 35.5. The van der Waals surface area contributed by atoms with Gasteiger partial charge in [-0.05, 0) is 37.5 Å². The van der Waals surface area contributed by atoms with Crippen molar-refractivity contribution in [3.8, 4) is 5.75 Å². The molecule has 1 unspecified atom stereocenters. The maximum Gasteiger partial charge on any atom is 0.224 e. The van der Waals surface area contributed by atoms with Crippen molar-refractivity contribution in [3.05, 3.63) is 23.2 Å². The van der Waals surface area contributed by atoms with E-state index in [-0.39, 0.29) is 11.9 Å². The Hall–Kier alpha value is -1.46. The van der Waals surface area contributed by atoms with Crippen LogP contribution in [-0.2, 0) is 4.79 Å². The van der Waals surface area contributed by atoms with Gasteiger partial charge in [-0.1, -0.05) is 11.6 Å². The first-order chi connectivity index (χ1) is 10.7. The van der Waals surface area contributed by atoms with Gasteiger partial charge >= 0.3 is 0 Å². The van der Waals surface area contributed by atoms with Crippen molar-refractivity contribution in [1.29, 1.82) is 0 Å². The molecule has 1 saturated heterocycles. The van der Waals surface area contributed by atoms with Crippen molar-refractivity contribution in [1.82, 2.24) is 4.90 Å². The van der Waals surface area contributed by atoms with E-state index in [0.717, 1.165) is 37.2 Å². The molecule has 0 aromatic heterocycles. The van der Waals surface area contributed by atoms with E-state index in [9.17, 15) is 4.79 Å². The zero-order chi connectivity index (χ0) is 15.9. The lowest BCUT2D eigenvalue weighted by atomic mass is 10.0. The summed E-state index contributed by atoms with van der Waals surface area (Å²) in [5.74, 6) is 0.873. The van der Waals surface area contributed by atoms with Gasteiger partial charge in [-0.2, -0.15) is 0 Å². The van der Waals surface area contributed by atoms with Crippen LogP contribution in [-0.4, -0.2) is 43.6 Å². The molecular formula is C16H24ClN3O2. The second-order valence-electron chi connectivity index (χ2n) is 5.49. The van der Waals surface area contributed by atoms with Gasteiger partial charge in [0, 0.05) is 37.1 Å². The SMILES string of the molecule is COc1ccc(Cl)cc1NCCC(=O)N1CCCCC1CN. The second kappa shape index (κ2) is 8.25. The summed E-state index contributed by atoms with van der Waals surface area (Å²) in [5, 5.41) is 3.85. The number of rotatable bonds is 6. The predicted molar refractivity (Wildman–Crippen MR) is 89.5 cm³/mol. The average molecular weight is 326 g/mol. The maximum atomic E-state index is 12.4. The molecule has 1 aliphatic rings. The quantitative estimate of drug-likeness (QED) is 0.843. The number of methoxy groups -OCH3 is 1. The minimum atomic E-state index is 0.156. The molecule has 0 aliphatic carbocycles. The molecular weight excluding hydrogens is 302 g/mol. The average Bonchev–Trinajstić information content (AvgIpc) is 2.55. The third-order valence-corrected chi connectivity index (χ3v) is 4.27. The van der Waals surface area contributed by atoms with Crippen LogP contribution in [0.15, 0.2) is 18.2 Å². The Labute approximate surface area is 136 Å². The van der Waals surface area contributed by atoms with Gasteiger partial charge in [-0.25, -0.2) is 0 Å². The normalized spacial score (nSPS) is 18.1. The van der Waals surface area contributed by atoms with Gasteiger partial charge in [-0.3, -0.25) is 4.79 Å². The number of hydrogen-bond acceptors (Lipinski definition) is 4. The molecule has 1 atom stereocenters. The van der Waals surface area contributed by atoms with Gasteiger partial charge in [0.25, 0.3) is 0 Å². The monoisotopic (exact) mass is 325 g/mol. The second-order valence-corrected chi connectivity index (χ2v) is 5.93. The molecule has 0 saturated carbocycles. The molecule has 3 N–H and O–H groups in total. The fourth-order valence-corrected chi connectivity index (χ4v) is 3.01. The summed E-state index contributed by atoms with van der Waals surface area (Å²) in [6, 6.07) is 5.58. The molecule has 22 heavy (non-hydrogen) atoms. The largest absolute Gasteiger partial charge is 0.495 e. The van der Waals surface area contributed by atoms with Crippen LogP contribution in [0.4, 0.5) is 5.69 Å². The number of carbonyl (C=O) groups excluding carboxylic acids is 1. The molecule has 2 rings (SSSR count). The molecule has 1 amide bonds. The van der Waals surface area contributed by atoms with Crippen molar-refractivity contribution in [3.63, 3.8) is 0 Å². The van der Waals surface area contributed by atoms with Crippen LogP contribution in [0.5, 0.6) is 5.75 Å². The van der Waals surface area contributed by atoms with Gasteiger partial charge in [0.1, 0.15) is 5.75 Å². The Morgan fingerprint density at radius 2 is 2.32 bits per heavy atom. The third kappa shape index (κ3) is 4.27. The topological polar surface area (TPSA) is 67.6 Å². The number of benzene rings is 1. The Morgan fingerprint density at radius 1 is 1.50 bits per heavy atom. The highest BCUT2D eigenvalue weighted by Crippen LogP contribution is 2.27. The molecule has 0 radical (unpaired) electrons. The van der Waals surface area contributed by atoms with Crippen molar-refractivity contribution < 1.29 is 9.53 Å². The number of likely N-dealkylation sites (tertiary alicyclic amines) is 1. The van der Waals surface area contributed by atoms with Crippen LogP contribution in [0.25, 0.3) is 0 Å². The Morgan fingerprint density at radius 3 is 3.05 bits per heavy atom. The molecule has 1 aromatic carbocycles. The lowest BCUT2D eigenvalue weighted by Gasteiger charge is -2.35. The first-order valence-electron chi connectivity index (χ1n) is 7.72. The minimum Gasteiger partial charge on any atom is -0.495 e.